The Morgan fingerprint density at radius 2 is 2.18 bits per heavy atom. The molecule has 5 nitrogen and oxygen atoms in total. The molecule has 2 N–H and O–H groups in total. The predicted octanol–water partition coefficient (Wildman–Crippen LogP) is 0.738. The molecule has 2 unspecified atom stereocenters. The van der Waals surface area contributed by atoms with Crippen molar-refractivity contribution < 1.29 is 19.7 Å². The number of nitrogens with zero attached hydrogens (tertiary/aromatic N) is 1. The summed E-state index contributed by atoms with van der Waals surface area (Å²) in [4.78, 5) is 15.2. The zero-order chi connectivity index (χ0) is 12.8. The molecule has 94 valence electrons. The van der Waals surface area contributed by atoms with Crippen LogP contribution in [0.1, 0.15) is 30.8 Å². The lowest BCUT2D eigenvalue weighted by molar-refractivity contribution is -0.147. The lowest BCUT2D eigenvalue weighted by Gasteiger charge is -2.16. The molecule has 0 aromatic carbocycles. The molecule has 0 aliphatic rings. The van der Waals surface area contributed by atoms with E-state index in [4.69, 9.17) is 4.74 Å². The van der Waals surface area contributed by atoms with Gasteiger partial charge in [-0.1, -0.05) is 6.07 Å². The molecule has 2 atom stereocenters. The molecule has 0 saturated heterocycles. The van der Waals surface area contributed by atoms with E-state index in [2.05, 4.69) is 4.98 Å². The molecule has 1 aromatic heterocycles. The van der Waals surface area contributed by atoms with Crippen LogP contribution in [0.25, 0.3) is 0 Å². The van der Waals surface area contributed by atoms with Gasteiger partial charge in [0.15, 0.2) is 0 Å². The van der Waals surface area contributed by atoms with E-state index in [9.17, 15) is 15.0 Å². The fourth-order valence-electron chi connectivity index (χ4n) is 1.43. The van der Waals surface area contributed by atoms with E-state index in [1.54, 1.807) is 32.0 Å². The highest BCUT2D eigenvalue weighted by atomic mass is 16.5. The Labute approximate surface area is 100 Å². The number of hydrogen-bond donors (Lipinski definition) is 2. The smallest absolute Gasteiger partial charge is 0.308 e. The van der Waals surface area contributed by atoms with Gasteiger partial charge in [0.05, 0.1) is 24.8 Å². The quantitative estimate of drug-likeness (QED) is 0.741. The van der Waals surface area contributed by atoms with Crippen molar-refractivity contribution in [3.63, 3.8) is 0 Å². The van der Waals surface area contributed by atoms with E-state index >= 15 is 0 Å². The third kappa shape index (κ3) is 4.13. The molecule has 1 aromatic rings. The summed E-state index contributed by atoms with van der Waals surface area (Å²) in [6.45, 7) is 3.72. The highest BCUT2D eigenvalue weighted by molar-refractivity contribution is 5.70. The first-order valence-corrected chi connectivity index (χ1v) is 5.50. The van der Waals surface area contributed by atoms with Gasteiger partial charge in [0.25, 0.3) is 0 Å². The van der Waals surface area contributed by atoms with Gasteiger partial charge >= 0.3 is 5.97 Å². The zero-order valence-electron chi connectivity index (χ0n) is 9.96. The highest BCUT2D eigenvalue weighted by Crippen LogP contribution is 2.17. The topological polar surface area (TPSA) is 79.7 Å². The van der Waals surface area contributed by atoms with Crippen molar-refractivity contribution in [2.45, 2.75) is 32.5 Å². The summed E-state index contributed by atoms with van der Waals surface area (Å²) >= 11 is 0. The Morgan fingerprint density at radius 3 is 2.76 bits per heavy atom. The maximum Gasteiger partial charge on any atom is 0.308 e. The number of hydrogen-bond acceptors (Lipinski definition) is 5. The van der Waals surface area contributed by atoms with Crippen molar-refractivity contribution in [2.24, 2.45) is 0 Å². The van der Waals surface area contributed by atoms with Gasteiger partial charge in [0.2, 0.25) is 0 Å². The van der Waals surface area contributed by atoms with Gasteiger partial charge in [-0.05, 0) is 26.0 Å². The van der Waals surface area contributed by atoms with Crippen LogP contribution in [0.15, 0.2) is 18.2 Å². The van der Waals surface area contributed by atoms with Crippen LogP contribution in [-0.4, -0.2) is 33.9 Å². The van der Waals surface area contributed by atoms with Gasteiger partial charge in [-0.25, -0.2) is 0 Å². The number of aliphatic hydroxyl groups excluding tert-OH is 2. The minimum atomic E-state index is -1.21. The Hall–Kier alpha value is -1.46. The zero-order valence-corrected chi connectivity index (χ0v) is 9.96. The van der Waals surface area contributed by atoms with Crippen molar-refractivity contribution in [1.29, 1.82) is 0 Å². The van der Waals surface area contributed by atoms with E-state index in [1.165, 1.54) is 0 Å². The second kappa shape index (κ2) is 6.32. The summed E-state index contributed by atoms with van der Waals surface area (Å²) in [5, 5.41) is 19.5. The molecule has 0 amide bonds. The summed E-state index contributed by atoms with van der Waals surface area (Å²) in [5.41, 5.74) is 1.09. The molecule has 0 fully saturated rings. The van der Waals surface area contributed by atoms with Crippen molar-refractivity contribution in [1.82, 2.24) is 4.98 Å². The number of esters is 1. The molecule has 5 heteroatoms. The minimum absolute atomic E-state index is 0.245. The number of ether oxygens (including phenoxy) is 1. The van der Waals surface area contributed by atoms with Gasteiger partial charge in [0.1, 0.15) is 6.10 Å². The third-order valence-electron chi connectivity index (χ3n) is 2.26. The third-order valence-corrected chi connectivity index (χ3v) is 2.26. The van der Waals surface area contributed by atoms with Crippen LogP contribution in [0.4, 0.5) is 0 Å². The summed E-state index contributed by atoms with van der Waals surface area (Å²) in [6, 6.07) is 5.12. The number of carbonyl (C=O) groups is 1. The molecule has 0 spiro atoms. The first-order chi connectivity index (χ1) is 8.04. The maximum absolute atomic E-state index is 11.1. The molecule has 0 radical (unpaired) electrons. The number of pyridine rings is 1. The standard InChI is InChI=1S/C12H17NO4/c1-3-17-11(15)7-10(14)12(16)9-6-4-5-8(2)13-9/h4-6,10,12,14,16H,3,7H2,1-2H3. The van der Waals surface area contributed by atoms with Crippen molar-refractivity contribution in [2.75, 3.05) is 6.61 Å². The lowest BCUT2D eigenvalue weighted by atomic mass is 10.1. The fourth-order valence-corrected chi connectivity index (χ4v) is 1.43. The van der Waals surface area contributed by atoms with Gasteiger partial charge in [-0.2, -0.15) is 0 Å². The van der Waals surface area contributed by atoms with Crippen molar-refractivity contribution >= 4 is 5.97 Å². The van der Waals surface area contributed by atoms with E-state index in [0.717, 1.165) is 5.69 Å². The fraction of sp³-hybridized carbons (Fsp3) is 0.500. The van der Waals surface area contributed by atoms with Gasteiger partial charge in [0, 0.05) is 5.69 Å². The summed E-state index contributed by atoms with van der Waals surface area (Å²) in [7, 11) is 0. The average Bonchev–Trinajstić information content (AvgIpc) is 2.28. The Morgan fingerprint density at radius 1 is 1.47 bits per heavy atom. The molecule has 0 saturated carbocycles. The lowest BCUT2D eigenvalue weighted by Crippen LogP contribution is -2.23. The Bertz CT molecular complexity index is 381. The monoisotopic (exact) mass is 239 g/mol. The summed E-state index contributed by atoms with van der Waals surface area (Å²) in [6.07, 6.45) is -2.63. The second-order valence-corrected chi connectivity index (χ2v) is 3.73. The van der Waals surface area contributed by atoms with Crippen LogP contribution >= 0.6 is 0 Å². The van der Waals surface area contributed by atoms with Crippen LogP contribution in [0.5, 0.6) is 0 Å². The molecule has 0 aliphatic heterocycles. The molecular formula is C12H17NO4. The molecule has 1 heterocycles. The van der Waals surface area contributed by atoms with E-state index in [-0.39, 0.29) is 13.0 Å². The Kier molecular flexibility index (Phi) is 5.06. The summed E-state index contributed by atoms with van der Waals surface area (Å²) < 4.78 is 4.69. The van der Waals surface area contributed by atoms with E-state index in [1.807, 2.05) is 0 Å². The summed E-state index contributed by atoms with van der Waals surface area (Å²) in [5.74, 6) is -0.535. The van der Waals surface area contributed by atoms with Crippen LogP contribution in [0.3, 0.4) is 0 Å². The van der Waals surface area contributed by atoms with Crippen molar-refractivity contribution in [3.8, 4) is 0 Å². The highest BCUT2D eigenvalue weighted by Gasteiger charge is 2.23. The normalized spacial score (nSPS) is 14.1. The molecular weight excluding hydrogens is 222 g/mol. The second-order valence-electron chi connectivity index (χ2n) is 3.73. The van der Waals surface area contributed by atoms with Crippen LogP contribution in [-0.2, 0) is 9.53 Å². The maximum atomic E-state index is 11.1. The number of aliphatic hydroxyl groups is 2. The molecule has 17 heavy (non-hydrogen) atoms. The Balaban J connectivity index is 2.63. The molecule has 0 aliphatic carbocycles. The molecule has 0 bridgehead atoms. The molecule has 1 rings (SSSR count). The predicted molar refractivity (Wildman–Crippen MR) is 61.2 cm³/mol. The largest absolute Gasteiger partial charge is 0.466 e. The number of aryl methyl sites for hydroxylation is 1. The minimum Gasteiger partial charge on any atom is -0.466 e. The van der Waals surface area contributed by atoms with Crippen LogP contribution in [0.2, 0.25) is 0 Å². The van der Waals surface area contributed by atoms with Gasteiger partial charge < -0.3 is 14.9 Å². The average molecular weight is 239 g/mol. The van der Waals surface area contributed by atoms with Gasteiger partial charge in [-0.15, -0.1) is 0 Å². The van der Waals surface area contributed by atoms with Crippen molar-refractivity contribution in [3.05, 3.63) is 29.6 Å². The van der Waals surface area contributed by atoms with Crippen LogP contribution in [0, 0.1) is 6.92 Å². The van der Waals surface area contributed by atoms with Gasteiger partial charge in [-0.3, -0.25) is 9.78 Å². The van der Waals surface area contributed by atoms with E-state index < -0.39 is 18.2 Å². The van der Waals surface area contributed by atoms with E-state index in [0.29, 0.717) is 5.69 Å². The first kappa shape index (κ1) is 13.6. The number of aromatic nitrogens is 1. The number of carbonyl (C=O) groups excluding carboxylic acids is 1. The number of rotatable bonds is 5. The van der Waals surface area contributed by atoms with Crippen LogP contribution < -0.4 is 0 Å². The SMILES string of the molecule is CCOC(=O)CC(O)C(O)c1cccc(C)n1. The first-order valence-electron chi connectivity index (χ1n) is 5.50.